The number of amides is 2. The van der Waals surface area contributed by atoms with E-state index in [9.17, 15) is 9.59 Å². The van der Waals surface area contributed by atoms with Crippen LogP contribution in [0.1, 0.15) is 32.6 Å². The third-order valence-corrected chi connectivity index (χ3v) is 6.98. The first-order valence-electron chi connectivity index (χ1n) is 12.3. The second-order valence-electron chi connectivity index (χ2n) is 9.31. The third kappa shape index (κ3) is 5.52. The molecule has 0 radical (unpaired) electrons. The lowest BCUT2D eigenvalue weighted by Gasteiger charge is -2.32. The van der Waals surface area contributed by atoms with Crippen LogP contribution in [0.5, 0.6) is 11.5 Å². The first kappa shape index (κ1) is 27.2. The molecule has 9 heteroatoms. The lowest BCUT2D eigenvalue weighted by Crippen LogP contribution is -2.41. The van der Waals surface area contributed by atoms with E-state index in [4.69, 9.17) is 14.5 Å². The Kier molecular flexibility index (Phi) is 8.36. The number of carbonyl (C=O) groups excluding carboxylic acids is 1. The van der Waals surface area contributed by atoms with Gasteiger partial charge in [0, 0.05) is 24.4 Å². The predicted octanol–water partition coefficient (Wildman–Crippen LogP) is 6.42. The van der Waals surface area contributed by atoms with E-state index in [0.29, 0.717) is 50.6 Å². The summed E-state index contributed by atoms with van der Waals surface area (Å²) in [6.45, 7) is 6.41. The van der Waals surface area contributed by atoms with Crippen LogP contribution < -0.4 is 20.3 Å². The van der Waals surface area contributed by atoms with E-state index in [2.05, 4.69) is 21.2 Å². The van der Waals surface area contributed by atoms with Gasteiger partial charge in [-0.05, 0) is 53.0 Å². The molecule has 4 aromatic rings. The maximum absolute atomic E-state index is 14.0. The van der Waals surface area contributed by atoms with Gasteiger partial charge in [0.15, 0.2) is 0 Å². The van der Waals surface area contributed by atoms with Crippen LogP contribution in [0.4, 0.5) is 10.5 Å². The van der Waals surface area contributed by atoms with Crippen molar-refractivity contribution in [1.29, 1.82) is 0 Å². The molecule has 1 N–H and O–H groups in total. The second-order valence-corrected chi connectivity index (χ2v) is 10.1. The van der Waals surface area contributed by atoms with Crippen molar-refractivity contribution in [2.24, 2.45) is 5.92 Å². The molecule has 4 rings (SSSR count). The van der Waals surface area contributed by atoms with Crippen LogP contribution in [0.15, 0.2) is 76.0 Å². The van der Waals surface area contributed by atoms with Crippen molar-refractivity contribution in [3.63, 3.8) is 0 Å². The Bertz CT molecular complexity index is 1500. The largest absolute Gasteiger partial charge is 0.497 e. The van der Waals surface area contributed by atoms with E-state index >= 15 is 0 Å². The molecule has 1 heterocycles. The molecule has 1 unspecified atom stereocenters. The Morgan fingerprint density at radius 3 is 2.37 bits per heavy atom. The minimum Gasteiger partial charge on any atom is -0.497 e. The number of carbonyl (C=O) groups is 1. The average Bonchev–Trinajstić information content (AvgIpc) is 2.92. The van der Waals surface area contributed by atoms with Crippen LogP contribution >= 0.6 is 15.9 Å². The lowest BCUT2D eigenvalue weighted by atomic mass is 10.1. The fourth-order valence-electron chi connectivity index (χ4n) is 4.32. The molecule has 0 spiro atoms. The number of hydrogen-bond acceptors (Lipinski definition) is 5. The Morgan fingerprint density at radius 2 is 1.71 bits per heavy atom. The van der Waals surface area contributed by atoms with Gasteiger partial charge in [-0.25, -0.2) is 9.78 Å². The molecule has 0 aliphatic rings. The number of para-hydroxylation sites is 2. The summed E-state index contributed by atoms with van der Waals surface area (Å²) in [5.41, 5.74) is 1.47. The SMILES string of the molecule is COc1cc(OC)c(Br)c(-n2c(C(C)N(CC(C)C)C(=O)Nc3ccccc3)nc3ccccc3c2=O)c1. The topological polar surface area (TPSA) is 85.7 Å². The molecular formula is C29H31BrN4O4. The first-order valence-corrected chi connectivity index (χ1v) is 13.1. The van der Waals surface area contributed by atoms with Gasteiger partial charge in [-0.1, -0.05) is 44.2 Å². The summed E-state index contributed by atoms with van der Waals surface area (Å²) in [4.78, 5) is 34.2. The summed E-state index contributed by atoms with van der Waals surface area (Å²) >= 11 is 3.61. The highest BCUT2D eigenvalue weighted by atomic mass is 79.9. The van der Waals surface area contributed by atoms with Crippen LogP contribution in [-0.4, -0.2) is 41.2 Å². The zero-order valence-electron chi connectivity index (χ0n) is 22.1. The van der Waals surface area contributed by atoms with Crippen LogP contribution in [0.3, 0.4) is 0 Å². The minimum absolute atomic E-state index is 0.170. The molecular weight excluding hydrogens is 548 g/mol. The molecule has 0 aliphatic carbocycles. The normalized spacial score (nSPS) is 11.9. The monoisotopic (exact) mass is 578 g/mol. The Morgan fingerprint density at radius 1 is 1.03 bits per heavy atom. The predicted molar refractivity (Wildman–Crippen MR) is 154 cm³/mol. The van der Waals surface area contributed by atoms with Gasteiger partial charge in [-0.2, -0.15) is 0 Å². The second kappa shape index (κ2) is 11.7. The molecule has 0 saturated heterocycles. The van der Waals surface area contributed by atoms with Gasteiger partial charge in [0.2, 0.25) is 0 Å². The van der Waals surface area contributed by atoms with Gasteiger partial charge in [-0.15, -0.1) is 0 Å². The average molecular weight is 579 g/mol. The maximum atomic E-state index is 14.0. The number of fused-ring (bicyclic) bond motifs is 1. The molecule has 0 aliphatic heterocycles. The van der Waals surface area contributed by atoms with Crippen LogP contribution in [0.25, 0.3) is 16.6 Å². The van der Waals surface area contributed by atoms with E-state index in [-0.39, 0.29) is 17.5 Å². The number of benzene rings is 3. The number of nitrogens with zero attached hydrogens (tertiary/aromatic N) is 3. The highest BCUT2D eigenvalue weighted by Crippen LogP contribution is 2.37. The van der Waals surface area contributed by atoms with Gasteiger partial charge in [0.1, 0.15) is 17.3 Å². The molecule has 8 nitrogen and oxygen atoms in total. The standard InChI is InChI=1S/C29H31BrN4O4/c1-18(2)17-33(29(36)31-20-11-7-6-8-12-20)19(3)27-32-23-14-10-9-13-22(23)28(35)34(27)24-15-21(37-4)16-25(38-5)26(24)30/h6-16,18-19H,17H2,1-5H3,(H,31,36). The summed E-state index contributed by atoms with van der Waals surface area (Å²) in [7, 11) is 3.10. The van der Waals surface area contributed by atoms with Crippen molar-refractivity contribution >= 4 is 38.6 Å². The molecule has 3 aromatic carbocycles. The molecule has 1 aromatic heterocycles. The zero-order chi connectivity index (χ0) is 27.4. The third-order valence-electron chi connectivity index (χ3n) is 6.18. The van der Waals surface area contributed by atoms with E-state index < -0.39 is 6.04 Å². The fourth-order valence-corrected chi connectivity index (χ4v) is 4.89. The van der Waals surface area contributed by atoms with Crippen LogP contribution in [-0.2, 0) is 0 Å². The Balaban J connectivity index is 1.94. The minimum atomic E-state index is -0.567. The number of rotatable bonds is 8. The number of hydrogen-bond donors (Lipinski definition) is 1. The van der Waals surface area contributed by atoms with E-state index in [1.54, 1.807) is 49.5 Å². The smallest absolute Gasteiger partial charge is 0.322 e. The van der Waals surface area contributed by atoms with Crippen molar-refractivity contribution < 1.29 is 14.3 Å². The summed E-state index contributed by atoms with van der Waals surface area (Å²) < 4.78 is 13.1. The molecule has 198 valence electrons. The Hall–Kier alpha value is -3.85. The van der Waals surface area contributed by atoms with Crippen LogP contribution in [0, 0.1) is 5.92 Å². The van der Waals surface area contributed by atoms with Gasteiger partial charge in [0.25, 0.3) is 5.56 Å². The van der Waals surface area contributed by atoms with Crippen molar-refractivity contribution in [2.75, 3.05) is 26.1 Å². The maximum Gasteiger partial charge on any atom is 0.322 e. The lowest BCUT2D eigenvalue weighted by molar-refractivity contribution is 0.179. The van der Waals surface area contributed by atoms with E-state index in [1.165, 1.54) is 4.57 Å². The molecule has 0 fully saturated rings. The van der Waals surface area contributed by atoms with Crippen molar-refractivity contribution in [1.82, 2.24) is 14.5 Å². The van der Waals surface area contributed by atoms with E-state index in [0.717, 1.165) is 0 Å². The summed E-state index contributed by atoms with van der Waals surface area (Å²) in [5.74, 6) is 1.59. The number of ether oxygens (including phenoxy) is 2. The number of anilines is 1. The van der Waals surface area contributed by atoms with Gasteiger partial charge in [-0.3, -0.25) is 9.36 Å². The summed E-state index contributed by atoms with van der Waals surface area (Å²) in [6.07, 6.45) is 0. The number of nitrogens with one attached hydrogen (secondary N) is 1. The van der Waals surface area contributed by atoms with Crippen molar-refractivity contribution in [3.05, 3.63) is 87.4 Å². The van der Waals surface area contributed by atoms with Crippen molar-refractivity contribution in [2.45, 2.75) is 26.8 Å². The molecule has 1 atom stereocenters. The highest BCUT2D eigenvalue weighted by molar-refractivity contribution is 9.10. The molecule has 38 heavy (non-hydrogen) atoms. The number of halogens is 1. The van der Waals surface area contributed by atoms with Crippen molar-refractivity contribution in [3.8, 4) is 17.2 Å². The highest BCUT2D eigenvalue weighted by Gasteiger charge is 2.29. The summed E-state index contributed by atoms with van der Waals surface area (Å²) in [5, 5.41) is 3.44. The van der Waals surface area contributed by atoms with Crippen LogP contribution in [0.2, 0.25) is 0 Å². The number of urea groups is 1. The van der Waals surface area contributed by atoms with E-state index in [1.807, 2.05) is 57.2 Å². The zero-order valence-corrected chi connectivity index (χ0v) is 23.7. The molecule has 2 amide bonds. The number of aromatic nitrogens is 2. The first-order chi connectivity index (χ1) is 18.2. The molecule has 0 bridgehead atoms. The van der Waals surface area contributed by atoms with Gasteiger partial charge in [0.05, 0.1) is 41.3 Å². The van der Waals surface area contributed by atoms with Gasteiger partial charge >= 0.3 is 6.03 Å². The molecule has 0 saturated carbocycles. The number of methoxy groups -OCH3 is 2. The van der Waals surface area contributed by atoms with Gasteiger partial charge < -0.3 is 19.7 Å². The Labute approximate surface area is 230 Å². The fraction of sp³-hybridized carbons (Fsp3) is 0.276. The summed E-state index contributed by atoms with van der Waals surface area (Å²) in [6, 6.07) is 19.1. The quantitative estimate of drug-likeness (QED) is 0.261.